The number of azo groups is 1. The van der Waals surface area contributed by atoms with E-state index in [0.29, 0.717) is 25.1 Å². The van der Waals surface area contributed by atoms with Crippen LogP contribution in [0, 0.1) is 34.1 Å². The third-order valence-corrected chi connectivity index (χ3v) is 4.65. The quantitative estimate of drug-likeness (QED) is 0.364. The zero-order valence-corrected chi connectivity index (χ0v) is 17.8. The van der Waals surface area contributed by atoms with Gasteiger partial charge >= 0.3 is 5.97 Å². The van der Waals surface area contributed by atoms with Gasteiger partial charge in [-0.05, 0) is 44.5 Å². The van der Waals surface area contributed by atoms with Crippen molar-refractivity contribution in [1.29, 1.82) is 15.8 Å². The van der Waals surface area contributed by atoms with Crippen LogP contribution < -0.4 is 10.2 Å². The maximum atomic E-state index is 11.5. The number of hydrogen-bond donors (Lipinski definition) is 1. The average molecular weight is 420 g/mol. The van der Waals surface area contributed by atoms with E-state index < -0.39 is 5.79 Å². The summed E-state index contributed by atoms with van der Waals surface area (Å²) < 4.78 is 4.95. The van der Waals surface area contributed by atoms with Crippen molar-refractivity contribution in [2.75, 3.05) is 24.6 Å². The number of ether oxygens (including phenoxy) is 1. The molecule has 1 heterocycles. The SMILES string of the molecule is CCOC(=O)CCCN(CC)c1ccc(N=NC2(C)NC(C#N)=C(C#N)N2C#N)cc1. The molecular weight excluding hydrogens is 396 g/mol. The molecule has 10 nitrogen and oxygen atoms in total. The van der Waals surface area contributed by atoms with E-state index in [9.17, 15) is 15.3 Å². The fourth-order valence-corrected chi connectivity index (χ4v) is 3.09. The smallest absolute Gasteiger partial charge is 0.305 e. The summed E-state index contributed by atoms with van der Waals surface area (Å²) >= 11 is 0. The topological polar surface area (TPSA) is 141 Å². The Balaban J connectivity index is 2.06. The number of hydrogen-bond acceptors (Lipinski definition) is 10. The Bertz CT molecular complexity index is 981. The van der Waals surface area contributed by atoms with Gasteiger partial charge in [0.1, 0.15) is 12.1 Å². The zero-order chi connectivity index (χ0) is 22.9. The van der Waals surface area contributed by atoms with Crippen LogP contribution in [0.25, 0.3) is 0 Å². The van der Waals surface area contributed by atoms with Gasteiger partial charge in [-0.3, -0.25) is 4.79 Å². The van der Waals surface area contributed by atoms with E-state index in [1.807, 2.05) is 37.4 Å². The highest BCUT2D eigenvalue weighted by atomic mass is 16.5. The van der Waals surface area contributed by atoms with Crippen molar-refractivity contribution in [2.45, 2.75) is 39.4 Å². The van der Waals surface area contributed by atoms with E-state index >= 15 is 0 Å². The normalized spacial score (nSPS) is 17.6. The van der Waals surface area contributed by atoms with Crippen molar-refractivity contribution in [2.24, 2.45) is 10.2 Å². The van der Waals surface area contributed by atoms with Gasteiger partial charge in [0.2, 0.25) is 5.79 Å². The molecule has 0 fully saturated rings. The van der Waals surface area contributed by atoms with Gasteiger partial charge in [-0.15, -0.1) is 5.11 Å². The van der Waals surface area contributed by atoms with E-state index in [1.54, 1.807) is 26.0 Å². The molecule has 0 aliphatic carbocycles. The number of benzene rings is 1. The number of esters is 1. The van der Waals surface area contributed by atoms with Crippen molar-refractivity contribution in [3.63, 3.8) is 0 Å². The number of nitrogens with zero attached hydrogens (tertiary/aromatic N) is 7. The number of allylic oxidation sites excluding steroid dienone is 2. The number of anilines is 1. The van der Waals surface area contributed by atoms with Crippen molar-refractivity contribution >= 4 is 17.3 Å². The second-order valence-electron chi connectivity index (χ2n) is 6.73. The molecule has 0 amide bonds. The summed E-state index contributed by atoms with van der Waals surface area (Å²) in [6.45, 7) is 7.26. The van der Waals surface area contributed by atoms with Gasteiger partial charge in [-0.25, -0.2) is 4.90 Å². The van der Waals surface area contributed by atoms with Gasteiger partial charge in [-0.2, -0.15) is 20.9 Å². The lowest BCUT2D eigenvalue weighted by Gasteiger charge is -2.25. The monoisotopic (exact) mass is 420 g/mol. The fourth-order valence-electron chi connectivity index (χ4n) is 3.09. The van der Waals surface area contributed by atoms with Crippen molar-refractivity contribution in [3.05, 3.63) is 35.7 Å². The fraction of sp³-hybridized carbons (Fsp3) is 0.429. The standard InChI is InChI=1S/C21H24N8O2/c1-4-28(12-6-7-20(30)31-5-2)17-10-8-16(9-11-17)26-27-21(3)25-18(13-22)19(14-23)29(21)15-24/h8-11,25H,4-7,12H2,1-3H3. The highest BCUT2D eigenvalue weighted by Crippen LogP contribution is 2.30. The molecule has 0 aromatic heterocycles. The van der Waals surface area contributed by atoms with E-state index in [0.717, 1.165) is 23.7 Å². The Morgan fingerprint density at radius 1 is 1.23 bits per heavy atom. The third kappa shape index (κ3) is 5.49. The molecule has 0 bridgehead atoms. The summed E-state index contributed by atoms with van der Waals surface area (Å²) in [7, 11) is 0. The number of nitriles is 3. The molecule has 160 valence electrons. The van der Waals surface area contributed by atoms with Crippen LogP contribution in [0.2, 0.25) is 0 Å². The summed E-state index contributed by atoms with van der Waals surface area (Å²) in [5, 5.41) is 38.9. The number of rotatable bonds is 9. The first-order valence-electron chi connectivity index (χ1n) is 9.88. The molecule has 2 rings (SSSR count). The molecule has 1 N–H and O–H groups in total. The number of carbonyl (C=O) groups excluding carboxylic acids is 1. The first kappa shape index (κ1) is 23.2. The minimum Gasteiger partial charge on any atom is -0.466 e. The van der Waals surface area contributed by atoms with Crippen molar-refractivity contribution in [1.82, 2.24) is 10.2 Å². The Morgan fingerprint density at radius 2 is 1.94 bits per heavy atom. The van der Waals surface area contributed by atoms with Gasteiger partial charge in [0.25, 0.3) is 0 Å². The number of nitrogens with one attached hydrogen (secondary N) is 1. The van der Waals surface area contributed by atoms with Gasteiger partial charge in [0.15, 0.2) is 17.6 Å². The second kappa shape index (κ2) is 10.6. The maximum Gasteiger partial charge on any atom is 0.305 e. The molecule has 1 aliphatic heterocycles. The largest absolute Gasteiger partial charge is 0.466 e. The molecule has 0 radical (unpaired) electrons. The predicted octanol–water partition coefficient (Wildman–Crippen LogP) is 3.26. The third-order valence-electron chi connectivity index (χ3n) is 4.65. The van der Waals surface area contributed by atoms with Gasteiger partial charge in [-0.1, -0.05) is 0 Å². The number of carbonyl (C=O) groups is 1. The van der Waals surface area contributed by atoms with Gasteiger partial charge < -0.3 is 15.0 Å². The van der Waals surface area contributed by atoms with Crippen molar-refractivity contribution < 1.29 is 9.53 Å². The van der Waals surface area contributed by atoms with E-state index in [-0.39, 0.29) is 17.4 Å². The molecule has 1 aliphatic rings. The highest BCUT2D eigenvalue weighted by Gasteiger charge is 2.43. The minimum absolute atomic E-state index is 0.0257. The lowest BCUT2D eigenvalue weighted by molar-refractivity contribution is -0.143. The first-order chi connectivity index (χ1) is 14.9. The van der Waals surface area contributed by atoms with E-state index in [1.165, 1.54) is 0 Å². The van der Waals surface area contributed by atoms with Gasteiger partial charge in [0, 0.05) is 32.1 Å². The first-order valence-corrected chi connectivity index (χ1v) is 9.88. The summed E-state index contributed by atoms with van der Waals surface area (Å²) in [6.07, 6.45) is 2.94. The zero-order valence-electron chi connectivity index (χ0n) is 17.8. The van der Waals surface area contributed by atoms with Crippen LogP contribution in [0.4, 0.5) is 11.4 Å². The maximum absolute atomic E-state index is 11.5. The summed E-state index contributed by atoms with van der Waals surface area (Å²) in [5.74, 6) is -1.55. The molecule has 1 atom stereocenters. The van der Waals surface area contributed by atoms with Crippen molar-refractivity contribution in [3.8, 4) is 18.3 Å². The van der Waals surface area contributed by atoms with Crippen LogP contribution in [-0.4, -0.2) is 36.4 Å². The van der Waals surface area contributed by atoms with Gasteiger partial charge in [0.05, 0.1) is 12.3 Å². The molecule has 1 aromatic rings. The lowest BCUT2D eigenvalue weighted by atomic mass is 10.2. The van der Waals surface area contributed by atoms with E-state index in [4.69, 9.17) is 10.00 Å². The predicted molar refractivity (Wildman–Crippen MR) is 112 cm³/mol. The summed E-state index contributed by atoms with van der Waals surface area (Å²) in [4.78, 5) is 14.7. The van der Waals surface area contributed by atoms with Crippen LogP contribution in [0.5, 0.6) is 0 Å². The molecular formula is C21H24N8O2. The van der Waals surface area contributed by atoms with Crippen LogP contribution in [-0.2, 0) is 9.53 Å². The van der Waals surface area contributed by atoms with Crippen LogP contribution in [0.3, 0.4) is 0 Å². The second-order valence-corrected chi connectivity index (χ2v) is 6.73. The Labute approximate surface area is 181 Å². The molecule has 0 spiro atoms. The van der Waals surface area contributed by atoms with Crippen LogP contribution in [0.15, 0.2) is 45.9 Å². The Morgan fingerprint density at radius 3 is 2.48 bits per heavy atom. The average Bonchev–Trinajstić information content (AvgIpc) is 3.07. The Kier molecular flexibility index (Phi) is 7.94. The Hall–Kier alpha value is -4.10. The summed E-state index contributed by atoms with van der Waals surface area (Å²) in [5.41, 5.74) is 1.41. The lowest BCUT2D eigenvalue weighted by Crippen LogP contribution is -2.45. The molecule has 0 saturated heterocycles. The highest BCUT2D eigenvalue weighted by molar-refractivity contribution is 5.69. The van der Waals surface area contributed by atoms with Crippen LogP contribution in [0.1, 0.15) is 33.6 Å². The summed E-state index contributed by atoms with van der Waals surface area (Å²) in [6, 6.07) is 11.1. The molecule has 1 unspecified atom stereocenters. The molecule has 10 heteroatoms. The molecule has 0 saturated carbocycles. The molecule has 31 heavy (non-hydrogen) atoms. The van der Waals surface area contributed by atoms with Crippen LogP contribution >= 0.6 is 0 Å². The van der Waals surface area contributed by atoms with E-state index in [2.05, 4.69) is 20.4 Å². The minimum atomic E-state index is -1.36. The molecule has 1 aromatic carbocycles.